The molecule has 0 spiro atoms. The van der Waals surface area contributed by atoms with Crippen molar-refractivity contribution in [3.05, 3.63) is 29.8 Å². The quantitative estimate of drug-likeness (QED) is 0.873. The highest BCUT2D eigenvalue weighted by Crippen LogP contribution is 2.16. The fourth-order valence-electron chi connectivity index (χ4n) is 1.47. The van der Waals surface area contributed by atoms with Gasteiger partial charge in [-0.1, -0.05) is 0 Å². The fraction of sp³-hybridized carbons (Fsp3) is 0.333. The lowest BCUT2D eigenvalue weighted by atomic mass is 10.2. The lowest BCUT2D eigenvalue weighted by Crippen LogP contribution is -2.30. The molecule has 0 bridgehead atoms. The van der Waals surface area contributed by atoms with Crippen LogP contribution in [0.15, 0.2) is 29.2 Å². The van der Waals surface area contributed by atoms with Gasteiger partial charge in [-0.3, -0.25) is 0 Å². The van der Waals surface area contributed by atoms with Crippen molar-refractivity contribution in [2.75, 3.05) is 13.6 Å². The van der Waals surface area contributed by atoms with Gasteiger partial charge in [-0.2, -0.15) is 9.57 Å². The molecule has 102 valence electrons. The first-order valence-corrected chi connectivity index (χ1v) is 6.92. The number of sulfonamides is 1. The highest BCUT2D eigenvalue weighted by molar-refractivity contribution is 7.89. The molecular weight excluding hydrogens is 268 g/mol. The lowest BCUT2D eigenvalue weighted by molar-refractivity contribution is 0.0696. The zero-order chi connectivity index (χ0) is 14.6. The first kappa shape index (κ1) is 15.1. The molecule has 6 nitrogen and oxygen atoms in total. The molecule has 0 aliphatic carbocycles. The Morgan fingerprint density at radius 1 is 1.42 bits per heavy atom. The second-order valence-corrected chi connectivity index (χ2v) is 6.19. The zero-order valence-electron chi connectivity index (χ0n) is 10.6. The van der Waals surface area contributed by atoms with Gasteiger partial charge in [0.2, 0.25) is 10.0 Å². The largest absolute Gasteiger partial charge is 0.478 e. The standard InChI is InChI=1S/C12H14N2O4S/c1-9(7-13)8-14(2)19(17,18)11-5-3-10(4-6-11)12(15)16/h3-6,9H,8H2,1-2H3,(H,15,16). The molecule has 0 aliphatic heterocycles. The minimum Gasteiger partial charge on any atom is -0.478 e. The monoisotopic (exact) mass is 282 g/mol. The third-order valence-corrected chi connectivity index (χ3v) is 4.40. The van der Waals surface area contributed by atoms with Gasteiger partial charge in [0, 0.05) is 13.6 Å². The number of carbonyl (C=O) groups is 1. The van der Waals surface area contributed by atoms with E-state index in [0.717, 1.165) is 4.31 Å². The Balaban J connectivity index is 3.00. The van der Waals surface area contributed by atoms with Crippen molar-refractivity contribution < 1.29 is 18.3 Å². The van der Waals surface area contributed by atoms with E-state index in [9.17, 15) is 13.2 Å². The van der Waals surface area contributed by atoms with Crippen LogP contribution in [0.2, 0.25) is 0 Å². The number of hydrogen-bond acceptors (Lipinski definition) is 4. The first-order chi connectivity index (χ1) is 8.78. The summed E-state index contributed by atoms with van der Waals surface area (Å²) in [5.74, 6) is -1.53. The lowest BCUT2D eigenvalue weighted by Gasteiger charge is -2.18. The van der Waals surface area contributed by atoms with Crippen LogP contribution in [0.5, 0.6) is 0 Å². The molecule has 0 saturated heterocycles. The van der Waals surface area contributed by atoms with E-state index in [1.165, 1.54) is 31.3 Å². The number of carboxylic acid groups (broad SMARTS) is 1. The molecule has 0 saturated carbocycles. The average molecular weight is 282 g/mol. The number of rotatable bonds is 5. The van der Waals surface area contributed by atoms with Gasteiger partial charge in [-0.25, -0.2) is 13.2 Å². The normalized spacial score (nSPS) is 12.9. The maximum Gasteiger partial charge on any atom is 0.335 e. The minimum absolute atomic E-state index is 0.00476. The van der Waals surface area contributed by atoms with Gasteiger partial charge in [-0.15, -0.1) is 0 Å². The summed E-state index contributed by atoms with van der Waals surface area (Å²) in [5, 5.41) is 17.4. The van der Waals surface area contributed by atoms with Crippen LogP contribution in [0.1, 0.15) is 17.3 Å². The number of aromatic carboxylic acids is 1. The van der Waals surface area contributed by atoms with Gasteiger partial charge < -0.3 is 5.11 Å². The van der Waals surface area contributed by atoms with Crippen LogP contribution in [0, 0.1) is 17.2 Å². The number of hydrogen-bond donors (Lipinski definition) is 1. The summed E-state index contributed by atoms with van der Waals surface area (Å²) in [7, 11) is -2.31. The molecule has 1 aromatic rings. The second-order valence-electron chi connectivity index (χ2n) is 4.15. The van der Waals surface area contributed by atoms with E-state index < -0.39 is 21.9 Å². The third kappa shape index (κ3) is 3.53. The molecule has 0 fully saturated rings. The van der Waals surface area contributed by atoms with Gasteiger partial charge in [0.1, 0.15) is 0 Å². The molecule has 1 atom stereocenters. The molecule has 0 aromatic heterocycles. The summed E-state index contributed by atoms with van der Waals surface area (Å²) in [6.07, 6.45) is 0. The summed E-state index contributed by atoms with van der Waals surface area (Å²) in [6.45, 7) is 1.71. The summed E-state index contributed by atoms with van der Waals surface area (Å²) < 4.78 is 25.3. The molecule has 0 radical (unpaired) electrons. The predicted octanol–water partition coefficient (Wildman–Crippen LogP) is 1.16. The Kier molecular flexibility index (Phi) is 4.64. The molecular formula is C12H14N2O4S. The van der Waals surface area contributed by atoms with Gasteiger partial charge in [-0.05, 0) is 31.2 Å². The van der Waals surface area contributed by atoms with E-state index in [4.69, 9.17) is 10.4 Å². The van der Waals surface area contributed by atoms with E-state index in [2.05, 4.69) is 0 Å². The highest BCUT2D eigenvalue weighted by atomic mass is 32.2. The van der Waals surface area contributed by atoms with Gasteiger partial charge in [0.05, 0.1) is 22.4 Å². The summed E-state index contributed by atoms with van der Waals surface area (Å²) in [5.41, 5.74) is 0.0204. The van der Waals surface area contributed by atoms with Gasteiger partial charge in [0.15, 0.2) is 0 Å². The number of nitriles is 1. The summed E-state index contributed by atoms with van der Waals surface area (Å²) >= 11 is 0. The Morgan fingerprint density at radius 2 is 1.95 bits per heavy atom. The van der Waals surface area contributed by atoms with Crippen molar-refractivity contribution in [3.63, 3.8) is 0 Å². The van der Waals surface area contributed by atoms with Crippen LogP contribution >= 0.6 is 0 Å². The van der Waals surface area contributed by atoms with E-state index in [0.29, 0.717) is 0 Å². The molecule has 19 heavy (non-hydrogen) atoms. The van der Waals surface area contributed by atoms with Crippen LogP contribution in [-0.4, -0.2) is 37.4 Å². The van der Waals surface area contributed by atoms with Gasteiger partial charge in [0.25, 0.3) is 0 Å². The van der Waals surface area contributed by atoms with Crippen LogP contribution in [-0.2, 0) is 10.0 Å². The third-order valence-electron chi connectivity index (χ3n) is 2.56. The first-order valence-electron chi connectivity index (χ1n) is 5.48. The second kappa shape index (κ2) is 5.82. The number of nitrogens with zero attached hydrogens (tertiary/aromatic N) is 2. The SMILES string of the molecule is CC(C#N)CN(C)S(=O)(=O)c1ccc(C(=O)O)cc1. The van der Waals surface area contributed by atoms with Crippen LogP contribution in [0.4, 0.5) is 0 Å². The van der Waals surface area contributed by atoms with E-state index in [1.54, 1.807) is 6.92 Å². The highest BCUT2D eigenvalue weighted by Gasteiger charge is 2.22. The molecule has 0 amide bonds. The Labute approximate surface area is 111 Å². The van der Waals surface area contributed by atoms with Crippen molar-refractivity contribution >= 4 is 16.0 Å². The Hall–Kier alpha value is -1.91. The summed E-state index contributed by atoms with van der Waals surface area (Å²) in [6, 6.07) is 6.91. The van der Waals surface area contributed by atoms with E-state index in [-0.39, 0.29) is 17.0 Å². The van der Waals surface area contributed by atoms with Crippen molar-refractivity contribution in [3.8, 4) is 6.07 Å². The smallest absolute Gasteiger partial charge is 0.335 e. The van der Waals surface area contributed by atoms with Crippen molar-refractivity contribution in [2.45, 2.75) is 11.8 Å². The Morgan fingerprint density at radius 3 is 2.37 bits per heavy atom. The maximum atomic E-state index is 12.1. The summed E-state index contributed by atoms with van der Waals surface area (Å²) in [4.78, 5) is 10.7. The molecule has 0 heterocycles. The maximum absolute atomic E-state index is 12.1. The number of benzene rings is 1. The fourth-order valence-corrected chi connectivity index (χ4v) is 2.73. The number of carboxylic acids is 1. The van der Waals surface area contributed by atoms with Crippen LogP contribution in [0.25, 0.3) is 0 Å². The van der Waals surface area contributed by atoms with Crippen LogP contribution in [0.3, 0.4) is 0 Å². The topological polar surface area (TPSA) is 98.5 Å². The molecule has 1 N–H and O–H groups in total. The van der Waals surface area contributed by atoms with E-state index >= 15 is 0 Å². The van der Waals surface area contributed by atoms with Crippen LogP contribution < -0.4 is 0 Å². The Bertz CT molecular complexity index is 602. The molecule has 1 aromatic carbocycles. The van der Waals surface area contributed by atoms with Crippen molar-refractivity contribution in [1.29, 1.82) is 5.26 Å². The molecule has 1 unspecified atom stereocenters. The van der Waals surface area contributed by atoms with Crippen molar-refractivity contribution in [2.24, 2.45) is 5.92 Å². The molecule has 7 heteroatoms. The average Bonchev–Trinajstić information content (AvgIpc) is 2.38. The van der Waals surface area contributed by atoms with Crippen molar-refractivity contribution in [1.82, 2.24) is 4.31 Å². The minimum atomic E-state index is -3.70. The zero-order valence-corrected chi connectivity index (χ0v) is 11.4. The molecule has 1 rings (SSSR count). The predicted molar refractivity (Wildman–Crippen MR) is 68.0 cm³/mol. The molecule has 0 aliphatic rings. The van der Waals surface area contributed by atoms with E-state index in [1.807, 2.05) is 6.07 Å². The van der Waals surface area contributed by atoms with Gasteiger partial charge >= 0.3 is 5.97 Å².